The van der Waals surface area contributed by atoms with Crippen LogP contribution in [0.5, 0.6) is 5.75 Å². The Hall–Kier alpha value is -2.78. The van der Waals surface area contributed by atoms with Crippen molar-refractivity contribution in [3.8, 4) is 5.75 Å². The zero-order chi connectivity index (χ0) is 21.4. The molecule has 9 nitrogen and oxygen atoms in total. The van der Waals surface area contributed by atoms with Gasteiger partial charge in [0.25, 0.3) is 5.56 Å². The van der Waals surface area contributed by atoms with Crippen LogP contribution in [0, 0.1) is 0 Å². The van der Waals surface area contributed by atoms with E-state index in [2.05, 4.69) is 27.6 Å². The Morgan fingerprint density at radius 2 is 1.94 bits per heavy atom. The minimum atomic E-state index is -0.182. The van der Waals surface area contributed by atoms with Crippen molar-refractivity contribution in [3.63, 3.8) is 0 Å². The van der Waals surface area contributed by atoms with E-state index in [1.165, 1.54) is 22.6 Å². The van der Waals surface area contributed by atoms with Gasteiger partial charge in [-0.2, -0.15) is 0 Å². The lowest BCUT2D eigenvalue weighted by Gasteiger charge is -2.33. The second-order valence-electron chi connectivity index (χ2n) is 8.98. The van der Waals surface area contributed by atoms with Crippen LogP contribution in [0.2, 0.25) is 0 Å². The minimum absolute atomic E-state index is 0.0782. The van der Waals surface area contributed by atoms with Crippen molar-refractivity contribution in [1.29, 1.82) is 0 Å². The minimum Gasteiger partial charge on any atom is -0.497 e. The van der Waals surface area contributed by atoms with Crippen molar-refractivity contribution in [2.75, 3.05) is 40.3 Å². The standard InChI is InChI=1S/C22H29N7O2/c1-27-9-11-28(12-10-27)20(21-24-25-26-29(21)16-5-3-4-6-16)18-13-15-7-8-17(31-2)14-19(15)23-22(18)30/h7-8,13-14,16,20H,3-6,9-12H2,1-2H3,(H,23,30)/p+2/t20-/m0/s1. The highest BCUT2D eigenvalue weighted by molar-refractivity contribution is 5.80. The van der Waals surface area contributed by atoms with Crippen LogP contribution >= 0.6 is 0 Å². The molecule has 2 fully saturated rings. The number of pyridine rings is 1. The highest BCUT2D eigenvalue weighted by Gasteiger charge is 2.38. The molecule has 1 atom stereocenters. The molecule has 2 aromatic heterocycles. The molecule has 1 aliphatic heterocycles. The molecule has 31 heavy (non-hydrogen) atoms. The maximum absolute atomic E-state index is 13.3. The third-order valence-corrected chi connectivity index (χ3v) is 6.99. The summed E-state index contributed by atoms with van der Waals surface area (Å²) >= 11 is 0. The summed E-state index contributed by atoms with van der Waals surface area (Å²) in [6.07, 6.45) is 4.61. The van der Waals surface area contributed by atoms with Gasteiger partial charge in [0, 0.05) is 6.07 Å². The van der Waals surface area contributed by atoms with Gasteiger partial charge >= 0.3 is 0 Å². The third kappa shape index (κ3) is 3.83. The van der Waals surface area contributed by atoms with Crippen LogP contribution < -0.4 is 20.1 Å². The average molecular weight is 426 g/mol. The first-order valence-corrected chi connectivity index (χ1v) is 11.3. The molecule has 0 spiro atoms. The predicted molar refractivity (Wildman–Crippen MR) is 116 cm³/mol. The van der Waals surface area contributed by atoms with Crippen LogP contribution in [0.3, 0.4) is 0 Å². The topological polar surface area (TPSA) is 94.6 Å². The summed E-state index contributed by atoms with van der Waals surface area (Å²) in [7, 11) is 3.86. The first kappa shape index (κ1) is 20.1. The van der Waals surface area contributed by atoms with Gasteiger partial charge in [-0.25, -0.2) is 4.68 Å². The summed E-state index contributed by atoms with van der Waals surface area (Å²) in [5, 5.41) is 13.9. The number of quaternary nitrogens is 2. The lowest BCUT2D eigenvalue weighted by atomic mass is 10.0. The van der Waals surface area contributed by atoms with E-state index in [0.717, 1.165) is 67.1 Å². The number of methoxy groups -OCH3 is 1. The molecule has 3 heterocycles. The molecule has 1 saturated carbocycles. The fourth-order valence-electron chi connectivity index (χ4n) is 5.17. The van der Waals surface area contributed by atoms with Gasteiger partial charge in [-0.15, -0.1) is 5.10 Å². The molecule has 0 amide bonds. The number of hydrogen-bond donors (Lipinski definition) is 3. The monoisotopic (exact) mass is 425 g/mol. The van der Waals surface area contributed by atoms with Gasteiger partial charge in [-0.3, -0.25) is 4.79 Å². The highest BCUT2D eigenvalue weighted by atomic mass is 16.5. The fourth-order valence-corrected chi connectivity index (χ4v) is 5.17. The quantitative estimate of drug-likeness (QED) is 0.495. The van der Waals surface area contributed by atoms with Gasteiger partial charge in [0.15, 0.2) is 6.04 Å². The van der Waals surface area contributed by atoms with Gasteiger partial charge in [-0.05, 0) is 46.9 Å². The summed E-state index contributed by atoms with van der Waals surface area (Å²) in [4.78, 5) is 19.3. The van der Waals surface area contributed by atoms with Crippen LogP contribution in [0.4, 0.5) is 0 Å². The molecule has 0 radical (unpaired) electrons. The van der Waals surface area contributed by atoms with Crippen LogP contribution in [0.1, 0.15) is 49.2 Å². The van der Waals surface area contributed by atoms with Crippen molar-refractivity contribution in [3.05, 3.63) is 46.0 Å². The highest BCUT2D eigenvalue weighted by Crippen LogP contribution is 2.31. The number of nitrogens with zero attached hydrogens (tertiary/aromatic N) is 4. The summed E-state index contributed by atoms with van der Waals surface area (Å²) in [6, 6.07) is 7.95. The number of benzene rings is 1. The largest absolute Gasteiger partial charge is 0.497 e. The zero-order valence-corrected chi connectivity index (χ0v) is 18.2. The number of hydrogen-bond acceptors (Lipinski definition) is 5. The molecule has 3 aromatic rings. The summed E-state index contributed by atoms with van der Waals surface area (Å²) in [5.74, 6) is 1.55. The van der Waals surface area contributed by atoms with Gasteiger partial charge in [0.1, 0.15) is 31.9 Å². The van der Waals surface area contributed by atoms with Crippen LogP contribution in [-0.2, 0) is 0 Å². The molecular weight excluding hydrogens is 394 g/mol. The number of H-pyrrole nitrogens is 1. The van der Waals surface area contributed by atoms with E-state index in [1.807, 2.05) is 28.9 Å². The Kier molecular flexibility index (Phi) is 5.45. The van der Waals surface area contributed by atoms with Crippen LogP contribution in [0.15, 0.2) is 29.1 Å². The van der Waals surface area contributed by atoms with E-state index >= 15 is 0 Å². The zero-order valence-electron chi connectivity index (χ0n) is 18.2. The normalized spacial score (nSPS) is 23.3. The predicted octanol–water partition coefficient (Wildman–Crippen LogP) is -0.859. The van der Waals surface area contributed by atoms with Crippen LogP contribution in [0.25, 0.3) is 10.9 Å². The van der Waals surface area contributed by atoms with E-state index < -0.39 is 0 Å². The van der Waals surface area contributed by atoms with E-state index in [1.54, 1.807) is 7.11 Å². The smallest absolute Gasteiger partial charge is 0.258 e. The molecule has 0 unspecified atom stereocenters. The van der Waals surface area contributed by atoms with Crippen molar-refractivity contribution < 1.29 is 14.5 Å². The number of ether oxygens (including phenoxy) is 1. The number of tetrazole rings is 1. The SMILES string of the molecule is COc1ccc2cc([C@@H](c3nnnn3C3CCCC3)[NH+]3CC[NH+](C)CC3)c(=O)[nH]c2c1. The number of fused-ring (bicyclic) bond motifs is 1. The van der Waals surface area contributed by atoms with Gasteiger partial charge in [0.2, 0.25) is 5.82 Å². The lowest BCUT2D eigenvalue weighted by molar-refractivity contribution is -1.02. The van der Waals surface area contributed by atoms with Gasteiger partial charge in [0.05, 0.1) is 31.3 Å². The molecule has 1 saturated heterocycles. The Morgan fingerprint density at radius 3 is 2.68 bits per heavy atom. The molecular formula is C22H31N7O2+2. The lowest BCUT2D eigenvalue weighted by Crippen LogP contribution is -3.27. The fraction of sp³-hybridized carbons (Fsp3) is 0.545. The van der Waals surface area contributed by atoms with E-state index in [4.69, 9.17) is 4.74 Å². The summed E-state index contributed by atoms with van der Waals surface area (Å²) < 4.78 is 7.33. The molecule has 164 valence electrons. The van der Waals surface area contributed by atoms with E-state index in [-0.39, 0.29) is 11.6 Å². The number of aromatic nitrogens is 5. The molecule has 1 aliphatic carbocycles. The van der Waals surface area contributed by atoms with Crippen molar-refractivity contribution in [1.82, 2.24) is 25.2 Å². The maximum atomic E-state index is 13.3. The second kappa shape index (κ2) is 8.39. The molecule has 0 bridgehead atoms. The van der Waals surface area contributed by atoms with E-state index in [0.29, 0.717) is 6.04 Å². The molecule has 5 rings (SSSR count). The van der Waals surface area contributed by atoms with E-state index in [9.17, 15) is 4.79 Å². The molecule has 3 N–H and O–H groups in total. The van der Waals surface area contributed by atoms with Crippen molar-refractivity contribution in [2.24, 2.45) is 0 Å². The van der Waals surface area contributed by atoms with Crippen molar-refractivity contribution >= 4 is 10.9 Å². The molecule has 2 aliphatic rings. The van der Waals surface area contributed by atoms with Gasteiger partial charge in [-0.1, -0.05) is 12.8 Å². The summed E-state index contributed by atoms with van der Waals surface area (Å²) in [5.41, 5.74) is 1.44. The Morgan fingerprint density at radius 1 is 1.16 bits per heavy atom. The third-order valence-electron chi connectivity index (χ3n) is 6.99. The number of rotatable bonds is 5. The molecule has 9 heteroatoms. The number of aromatic amines is 1. The maximum Gasteiger partial charge on any atom is 0.258 e. The number of piperazine rings is 1. The first-order valence-electron chi connectivity index (χ1n) is 11.3. The Labute approximate surface area is 181 Å². The number of likely N-dealkylation sites (N-methyl/N-ethyl adjacent to an activating group) is 1. The summed E-state index contributed by atoms with van der Waals surface area (Å²) in [6.45, 7) is 4.10. The van der Waals surface area contributed by atoms with Crippen molar-refractivity contribution in [2.45, 2.75) is 37.8 Å². The molecule has 1 aromatic carbocycles. The Bertz CT molecular complexity index is 1110. The average Bonchev–Trinajstić information content (AvgIpc) is 3.47. The first-order chi connectivity index (χ1) is 15.1. The van der Waals surface area contributed by atoms with Crippen LogP contribution in [-0.4, -0.2) is 65.5 Å². The number of nitrogens with one attached hydrogen (secondary N) is 3. The Balaban J connectivity index is 1.62. The van der Waals surface area contributed by atoms with Gasteiger partial charge < -0.3 is 19.5 Å². The second-order valence-corrected chi connectivity index (χ2v) is 8.98.